The molecule has 3 heterocycles. The fourth-order valence-corrected chi connectivity index (χ4v) is 5.84. The first kappa shape index (κ1) is 32.4. The van der Waals surface area contributed by atoms with Crippen molar-refractivity contribution in [3.63, 3.8) is 0 Å². The number of likely N-dealkylation sites (tertiary alicyclic amines) is 1. The number of fused-ring (bicyclic) bond motifs is 1. The Morgan fingerprint density at radius 3 is 2.51 bits per heavy atom. The topological polar surface area (TPSA) is 129 Å². The number of hydrogen-bond acceptors (Lipinski definition) is 9. The molecular formula is C33H47N9O3. The van der Waals surface area contributed by atoms with Crippen LogP contribution in [-0.2, 0) is 9.59 Å². The first-order valence-electron chi connectivity index (χ1n) is 16.0. The quantitative estimate of drug-likeness (QED) is 0.271. The number of amides is 2. The molecule has 242 valence electrons. The van der Waals surface area contributed by atoms with Crippen LogP contribution >= 0.6 is 0 Å². The lowest BCUT2D eigenvalue weighted by Crippen LogP contribution is -2.39. The van der Waals surface area contributed by atoms with Crippen LogP contribution < -0.4 is 20.7 Å². The molecule has 0 unspecified atom stereocenters. The monoisotopic (exact) mass is 617 g/mol. The second kappa shape index (κ2) is 14.8. The molecule has 2 aliphatic rings. The largest absolute Gasteiger partial charge is 0.460 e. The van der Waals surface area contributed by atoms with E-state index in [0.29, 0.717) is 23.3 Å². The van der Waals surface area contributed by atoms with Gasteiger partial charge in [-0.1, -0.05) is 26.0 Å². The number of nitrogens with one attached hydrogen (secondary N) is 3. The number of aromatic nitrogens is 4. The van der Waals surface area contributed by atoms with Crippen LogP contribution in [0.5, 0.6) is 6.01 Å². The number of hydrogen-bond donors (Lipinski definition) is 3. The van der Waals surface area contributed by atoms with E-state index in [1.54, 1.807) is 10.6 Å². The zero-order valence-electron chi connectivity index (χ0n) is 27.1. The minimum atomic E-state index is -0.0987. The maximum absolute atomic E-state index is 13.2. The van der Waals surface area contributed by atoms with Crippen LogP contribution in [0.4, 0.5) is 17.3 Å². The van der Waals surface area contributed by atoms with Gasteiger partial charge in [0.05, 0.1) is 6.20 Å². The molecule has 0 spiro atoms. The summed E-state index contributed by atoms with van der Waals surface area (Å²) in [5.74, 6) is 0.547. The Morgan fingerprint density at radius 1 is 1.07 bits per heavy atom. The van der Waals surface area contributed by atoms with Crippen LogP contribution in [0.15, 0.2) is 42.6 Å². The van der Waals surface area contributed by atoms with E-state index in [0.717, 1.165) is 69.4 Å². The van der Waals surface area contributed by atoms with Gasteiger partial charge in [0.15, 0.2) is 5.65 Å². The maximum atomic E-state index is 13.2. The highest BCUT2D eigenvalue weighted by Crippen LogP contribution is 2.28. The van der Waals surface area contributed by atoms with Gasteiger partial charge in [-0.2, -0.15) is 19.6 Å². The minimum Gasteiger partial charge on any atom is -0.460 e. The van der Waals surface area contributed by atoms with Crippen molar-refractivity contribution < 1.29 is 14.3 Å². The number of benzene rings is 1. The molecule has 5 rings (SSSR count). The van der Waals surface area contributed by atoms with Crippen molar-refractivity contribution in [1.29, 1.82) is 0 Å². The predicted molar refractivity (Wildman–Crippen MR) is 176 cm³/mol. The third-order valence-electron chi connectivity index (χ3n) is 8.50. The van der Waals surface area contributed by atoms with Gasteiger partial charge in [-0.25, -0.2) is 0 Å². The molecular weight excluding hydrogens is 570 g/mol. The first-order chi connectivity index (χ1) is 21.6. The smallest absolute Gasteiger partial charge is 0.322 e. The average Bonchev–Trinajstić information content (AvgIpc) is 3.43. The molecule has 1 aromatic carbocycles. The molecule has 12 nitrogen and oxygen atoms in total. The lowest BCUT2D eigenvalue weighted by molar-refractivity contribution is -0.121. The van der Waals surface area contributed by atoms with Gasteiger partial charge in [0, 0.05) is 54.6 Å². The zero-order chi connectivity index (χ0) is 31.9. The van der Waals surface area contributed by atoms with E-state index in [1.807, 2.05) is 55.5 Å². The molecule has 3 N–H and O–H groups in total. The average molecular weight is 618 g/mol. The van der Waals surface area contributed by atoms with E-state index < -0.39 is 0 Å². The number of likely N-dealkylation sites (N-methyl/N-ethyl adjacent to an activating group) is 1. The summed E-state index contributed by atoms with van der Waals surface area (Å²) in [6.45, 7) is 6.91. The van der Waals surface area contributed by atoms with Crippen molar-refractivity contribution in [2.75, 3.05) is 51.4 Å². The van der Waals surface area contributed by atoms with Crippen LogP contribution in [0.3, 0.4) is 0 Å². The Morgan fingerprint density at radius 2 is 1.80 bits per heavy atom. The molecule has 1 saturated heterocycles. The third kappa shape index (κ3) is 8.79. The van der Waals surface area contributed by atoms with Crippen molar-refractivity contribution in [2.45, 2.75) is 70.4 Å². The van der Waals surface area contributed by atoms with Gasteiger partial charge in [0.2, 0.25) is 17.8 Å². The molecule has 0 bridgehead atoms. The minimum absolute atomic E-state index is 0.00491. The summed E-state index contributed by atoms with van der Waals surface area (Å²) in [4.78, 5) is 39.2. The SMILES string of the molecule is CC(C)c1cnn2c(Nc3cccc(NC(=O)C4CCC(NC(=O)/C=C/CN(C)C)CC4)c3)nc(OC3CCN(C)CC3)nc12. The Kier molecular flexibility index (Phi) is 10.7. The molecule has 1 aliphatic carbocycles. The first-order valence-corrected chi connectivity index (χ1v) is 16.0. The lowest BCUT2D eigenvalue weighted by atomic mass is 9.85. The van der Waals surface area contributed by atoms with E-state index in [-0.39, 0.29) is 35.8 Å². The Balaban J connectivity index is 1.22. The highest BCUT2D eigenvalue weighted by molar-refractivity contribution is 5.93. The number of piperidine rings is 1. The normalized spacial score (nSPS) is 19.8. The van der Waals surface area contributed by atoms with E-state index in [9.17, 15) is 9.59 Å². The summed E-state index contributed by atoms with van der Waals surface area (Å²) in [6.07, 6.45) is 10.2. The highest BCUT2D eigenvalue weighted by atomic mass is 16.5. The second-order valence-corrected chi connectivity index (χ2v) is 12.9. The van der Waals surface area contributed by atoms with Crippen molar-refractivity contribution in [3.8, 4) is 6.01 Å². The van der Waals surface area contributed by atoms with Crippen LogP contribution in [0.25, 0.3) is 5.65 Å². The summed E-state index contributed by atoms with van der Waals surface area (Å²) in [5.41, 5.74) is 3.19. The molecule has 3 aromatic rings. The van der Waals surface area contributed by atoms with Crippen LogP contribution in [0.1, 0.15) is 63.9 Å². The number of ether oxygens (including phenoxy) is 1. The van der Waals surface area contributed by atoms with Gasteiger partial charge in [-0.15, -0.1) is 0 Å². The van der Waals surface area contributed by atoms with Crippen molar-refractivity contribution in [3.05, 3.63) is 48.2 Å². The van der Waals surface area contributed by atoms with Gasteiger partial charge in [0.25, 0.3) is 0 Å². The van der Waals surface area contributed by atoms with E-state index in [1.165, 1.54) is 0 Å². The van der Waals surface area contributed by atoms with E-state index in [4.69, 9.17) is 14.7 Å². The molecule has 0 radical (unpaired) electrons. The van der Waals surface area contributed by atoms with Crippen LogP contribution in [0.2, 0.25) is 0 Å². The number of nitrogens with zero attached hydrogens (tertiary/aromatic N) is 6. The van der Waals surface area contributed by atoms with Crippen molar-refractivity contribution >= 4 is 34.8 Å². The second-order valence-electron chi connectivity index (χ2n) is 12.9. The summed E-state index contributed by atoms with van der Waals surface area (Å²) in [5, 5.41) is 14.1. The van der Waals surface area contributed by atoms with Gasteiger partial charge in [0.1, 0.15) is 6.10 Å². The standard InChI is InChI=1S/C33H47N9O3/c1-22(2)28-21-34-42-30(28)38-33(45-27-15-18-41(5)19-16-27)39-32(42)37-26-9-6-8-25(20-26)36-31(44)23-11-13-24(14-12-23)35-29(43)10-7-17-40(3)4/h6-10,20-24,27H,11-19H2,1-5H3,(H,35,43)(H,36,44)(H,37,38,39)/b10-7+. The molecule has 45 heavy (non-hydrogen) atoms. The third-order valence-corrected chi connectivity index (χ3v) is 8.50. The van der Waals surface area contributed by atoms with Gasteiger partial charge in [-0.05, 0) is 83.8 Å². The summed E-state index contributed by atoms with van der Waals surface area (Å²) in [7, 11) is 6.04. The number of rotatable bonds is 11. The van der Waals surface area contributed by atoms with E-state index in [2.05, 4.69) is 46.8 Å². The van der Waals surface area contributed by atoms with Crippen molar-refractivity contribution in [1.82, 2.24) is 34.7 Å². The number of anilines is 3. The molecule has 2 aromatic heterocycles. The molecule has 12 heteroatoms. The predicted octanol–water partition coefficient (Wildman–Crippen LogP) is 4.20. The zero-order valence-corrected chi connectivity index (χ0v) is 27.1. The fourth-order valence-electron chi connectivity index (χ4n) is 5.84. The summed E-state index contributed by atoms with van der Waals surface area (Å²) < 4.78 is 7.98. The lowest BCUT2D eigenvalue weighted by Gasteiger charge is -2.28. The summed E-state index contributed by atoms with van der Waals surface area (Å²) in [6, 6.07) is 8.02. The Labute approximate surface area is 265 Å². The van der Waals surface area contributed by atoms with Gasteiger partial charge in [-0.3, -0.25) is 9.59 Å². The summed E-state index contributed by atoms with van der Waals surface area (Å²) >= 11 is 0. The Bertz CT molecular complexity index is 1490. The molecule has 2 fully saturated rings. The maximum Gasteiger partial charge on any atom is 0.322 e. The van der Waals surface area contributed by atoms with Gasteiger partial charge < -0.3 is 30.5 Å². The molecule has 2 amide bonds. The molecule has 1 saturated carbocycles. The van der Waals surface area contributed by atoms with Crippen LogP contribution in [-0.4, -0.2) is 94.1 Å². The van der Waals surface area contributed by atoms with Gasteiger partial charge >= 0.3 is 6.01 Å². The fraction of sp³-hybridized carbons (Fsp3) is 0.545. The molecule has 0 atom stereocenters. The van der Waals surface area contributed by atoms with E-state index >= 15 is 0 Å². The van der Waals surface area contributed by atoms with Crippen LogP contribution in [0, 0.1) is 5.92 Å². The molecule has 1 aliphatic heterocycles. The number of carbonyl (C=O) groups excluding carboxylic acids is 2. The highest BCUT2D eigenvalue weighted by Gasteiger charge is 2.27. The number of carbonyl (C=O) groups is 2. The Hall–Kier alpha value is -4.03. The van der Waals surface area contributed by atoms with Crippen molar-refractivity contribution in [2.24, 2.45) is 5.92 Å².